The van der Waals surface area contributed by atoms with Crippen molar-refractivity contribution in [2.75, 3.05) is 13.7 Å². The number of nitriles is 1. The molecule has 0 aliphatic heterocycles. The van der Waals surface area contributed by atoms with E-state index in [0.29, 0.717) is 0 Å². The Kier molecular flexibility index (Phi) is 4.88. The van der Waals surface area contributed by atoms with Crippen LogP contribution >= 0.6 is 0 Å². The van der Waals surface area contributed by atoms with Crippen molar-refractivity contribution in [2.45, 2.75) is 6.92 Å². The minimum atomic E-state index is -0.884. The molecule has 0 aromatic carbocycles. The molecule has 0 saturated heterocycles. The van der Waals surface area contributed by atoms with E-state index < -0.39 is 17.5 Å². The van der Waals surface area contributed by atoms with Crippen LogP contribution in [0.5, 0.6) is 0 Å². The lowest BCUT2D eigenvalue weighted by Gasteiger charge is -1.98. The van der Waals surface area contributed by atoms with Crippen LogP contribution in [0.3, 0.4) is 0 Å². The van der Waals surface area contributed by atoms with E-state index in [9.17, 15) is 9.59 Å². The molecule has 0 spiro atoms. The summed E-state index contributed by atoms with van der Waals surface area (Å²) < 4.78 is 4.25. The summed E-state index contributed by atoms with van der Waals surface area (Å²) >= 11 is 0. The van der Waals surface area contributed by atoms with Crippen molar-refractivity contribution in [1.29, 1.82) is 5.26 Å². The number of ketones is 1. The van der Waals surface area contributed by atoms with Crippen LogP contribution in [-0.4, -0.2) is 31.2 Å². The van der Waals surface area contributed by atoms with E-state index in [-0.39, 0.29) is 6.61 Å². The Balaban J connectivity index is 4.43. The smallest absolute Gasteiger partial charge is 0.363 e. The van der Waals surface area contributed by atoms with E-state index in [1.165, 1.54) is 0 Å². The van der Waals surface area contributed by atoms with Gasteiger partial charge >= 0.3 is 5.97 Å². The molecule has 0 atom stereocenters. The third-order valence-electron chi connectivity index (χ3n) is 0.997. The molecule has 0 radical (unpaired) electrons. The number of Topliss-reactive ketones (excluding diaryl/α,β-unsaturated/α-hetero) is 1. The van der Waals surface area contributed by atoms with Gasteiger partial charge in [0.2, 0.25) is 12.3 Å². The van der Waals surface area contributed by atoms with Crippen LogP contribution in [-0.2, 0) is 19.2 Å². The fourth-order valence-corrected chi connectivity index (χ4v) is 0.468. The lowest BCUT2D eigenvalue weighted by Crippen LogP contribution is -2.23. The highest BCUT2D eigenvalue weighted by Crippen LogP contribution is 1.87. The molecule has 13 heavy (non-hydrogen) atoms. The highest BCUT2D eigenvalue weighted by Gasteiger charge is 2.17. The molecule has 0 rings (SSSR count). The number of ether oxygens (including phenoxy) is 1. The number of esters is 1. The normalized spacial score (nSPS) is 10.1. The summed E-state index contributed by atoms with van der Waals surface area (Å²) in [5.41, 5.74) is -0.460. The van der Waals surface area contributed by atoms with Gasteiger partial charge in [0.05, 0.1) is 7.11 Å². The third-order valence-corrected chi connectivity index (χ3v) is 0.997. The van der Waals surface area contributed by atoms with Gasteiger partial charge in [-0.1, -0.05) is 5.16 Å². The Morgan fingerprint density at radius 1 is 1.54 bits per heavy atom. The summed E-state index contributed by atoms with van der Waals surface area (Å²) in [4.78, 5) is 25.9. The van der Waals surface area contributed by atoms with Crippen LogP contribution in [0.2, 0.25) is 0 Å². The standard InChI is InChI=1S/C7H8N2O4/c1-5(10)6(7(11)12-2)9-13-4-3-8/h4H2,1-2H3. The summed E-state index contributed by atoms with van der Waals surface area (Å²) in [5, 5.41) is 11.2. The van der Waals surface area contributed by atoms with Gasteiger partial charge in [0.1, 0.15) is 6.07 Å². The second-order valence-electron chi connectivity index (χ2n) is 1.92. The minimum Gasteiger partial charge on any atom is -0.464 e. The zero-order valence-electron chi connectivity index (χ0n) is 7.23. The monoisotopic (exact) mass is 184 g/mol. The summed E-state index contributed by atoms with van der Waals surface area (Å²) in [5.74, 6) is -1.46. The predicted molar refractivity (Wildman–Crippen MR) is 41.7 cm³/mol. The van der Waals surface area contributed by atoms with Crippen LogP contribution < -0.4 is 0 Å². The maximum Gasteiger partial charge on any atom is 0.363 e. The molecule has 0 bridgehead atoms. The van der Waals surface area contributed by atoms with Gasteiger partial charge in [-0.15, -0.1) is 0 Å². The van der Waals surface area contributed by atoms with E-state index in [0.717, 1.165) is 14.0 Å². The molecule has 0 aromatic rings. The van der Waals surface area contributed by atoms with E-state index in [1.807, 2.05) is 0 Å². The van der Waals surface area contributed by atoms with Gasteiger partial charge in [-0.05, 0) is 0 Å². The molecule has 0 heterocycles. The van der Waals surface area contributed by atoms with Gasteiger partial charge in [0.15, 0.2) is 5.78 Å². The first-order valence-corrected chi connectivity index (χ1v) is 3.29. The molecule has 6 nitrogen and oxygen atoms in total. The molecule has 0 saturated carbocycles. The number of methoxy groups -OCH3 is 1. The molecule has 0 aromatic heterocycles. The quantitative estimate of drug-likeness (QED) is 0.196. The molecular formula is C7H8N2O4. The largest absolute Gasteiger partial charge is 0.464 e. The topological polar surface area (TPSA) is 88.8 Å². The first-order chi connectivity index (χ1) is 6.13. The van der Waals surface area contributed by atoms with Gasteiger partial charge in [0, 0.05) is 6.92 Å². The Labute approximate surface area is 74.7 Å². The molecule has 6 heteroatoms. The summed E-state index contributed by atoms with van der Waals surface area (Å²) in [6, 6.07) is 1.63. The molecule has 0 fully saturated rings. The van der Waals surface area contributed by atoms with Crippen molar-refractivity contribution in [3.63, 3.8) is 0 Å². The first kappa shape index (κ1) is 11.1. The average Bonchev–Trinajstić information content (AvgIpc) is 2.11. The van der Waals surface area contributed by atoms with Crippen LogP contribution in [0, 0.1) is 11.3 Å². The molecule has 0 aliphatic rings. The predicted octanol–water partition coefficient (Wildman–Crippen LogP) is -0.355. The van der Waals surface area contributed by atoms with Gasteiger partial charge in [-0.3, -0.25) is 4.79 Å². The second kappa shape index (κ2) is 5.71. The first-order valence-electron chi connectivity index (χ1n) is 3.29. The summed E-state index contributed by atoms with van der Waals surface area (Å²) in [6.45, 7) is 0.819. The van der Waals surface area contributed by atoms with Gasteiger partial charge in [0.25, 0.3) is 0 Å². The lowest BCUT2D eigenvalue weighted by atomic mass is 10.3. The van der Waals surface area contributed by atoms with Crippen molar-refractivity contribution in [3.05, 3.63) is 0 Å². The van der Waals surface area contributed by atoms with Crippen LogP contribution in [0.4, 0.5) is 0 Å². The number of carbonyl (C=O) groups is 2. The van der Waals surface area contributed by atoms with Crippen molar-refractivity contribution in [1.82, 2.24) is 0 Å². The number of carbonyl (C=O) groups excluding carboxylic acids is 2. The third kappa shape index (κ3) is 3.86. The molecule has 0 aliphatic carbocycles. The molecule has 0 N–H and O–H groups in total. The second-order valence-corrected chi connectivity index (χ2v) is 1.92. The number of nitrogens with zero attached hydrogens (tertiary/aromatic N) is 2. The Hall–Kier alpha value is -1.90. The highest BCUT2D eigenvalue weighted by atomic mass is 16.6. The van der Waals surface area contributed by atoms with Gasteiger partial charge in [-0.25, -0.2) is 4.79 Å². The Bertz CT molecular complexity index is 277. The number of oxime groups is 1. The van der Waals surface area contributed by atoms with Crippen molar-refractivity contribution >= 4 is 17.5 Å². The average molecular weight is 184 g/mol. The van der Waals surface area contributed by atoms with Crippen LogP contribution in [0.25, 0.3) is 0 Å². The molecular weight excluding hydrogens is 176 g/mol. The lowest BCUT2D eigenvalue weighted by molar-refractivity contribution is -0.133. The van der Waals surface area contributed by atoms with Crippen LogP contribution in [0.1, 0.15) is 6.92 Å². The number of hydrogen-bond acceptors (Lipinski definition) is 6. The SMILES string of the molecule is COC(=O)C(=NOCC#N)C(C)=O. The van der Waals surface area contributed by atoms with Gasteiger partial charge in [-0.2, -0.15) is 5.26 Å². The molecule has 0 amide bonds. The van der Waals surface area contributed by atoms with E-state index in [1.54, 1.807) is 6.07 Å². The summed E-state index contributed by atoms with van der Waals surface area (Å²) in [7, 11) is 1.12. The highest BCUT2D eigenvalue weighted by molar-refractivity contribution is 6.63. The Morgan fingerprint density at radius 3 is 2.54 bits per heavy atom. The van der Waals surface area contributed by atoms with E-state index >= 15 is 0 Å². The van der Waals surface area contributed by atoms with E-state index in [2.05, 4.69) is 14.7 Å². The van der Waals surface area contributed by atoms with Crippen LogP contribution in [0.15, 0.2) is 5.16 Å². The number of hydrogen-bond donors (Lipinski definition) is 0. The van der Waals surface area contributed by atoms with Crippen molar-refractivity contribution in [2.24, 2.45) is 5.16 Å². The fraction of sp³-hybridized carbons (Fsp3) is 0.429. The Morgan fingerprint density at radius 2 is 2.15 bits per heavy atom. The van der Waals surface area contributed by atoms with Crippen molar-refractivity contribution in [3.8, 4) is 6.07 Å². The maximum absolute atomic E-state index is 10.8. The minimum absolute atomic E-state index is 0.326. The van der Waals surface area contributed by atoms with Crippen molar-refractivity contribution < 1.29 is 19.2 Å². The fourth-order valence-electron chi connectivity index (χ4n) is 0.468. The zero-order valence-corrected chi connectivity index (χ0v) is 7.23. The number of rotatable bonds is 4. The maximum atomic E-state index is 10.8. The van der Waals surface area contributed by atoms with E-state index in [4.69, 9.17) is 5.26 Å². The molecule has 0 unspecified atom stereocenters. The summed E-state index contributed by atoms with van der Waals surface area (Å²) in [6.07, 6.45) is 0. The van der Waals surface area contributed by atoms with Gasteiger partial charge < -0.3 is 9.57 Å². The molecule has 70 valence electrons. The zero-order chi connectivity index (χ0) is 10.3.